The Morgan fingerprint density at radius 2 is 1.94 bits per heavy atom. The van der Waals surface area contributed by atoms with E-state index < -0.39 is 0 Å². The van der Waals surface area contributed by atoms with Crippen molar-refractivity contribution in [2.45, 2.75) is 6.92 Å². The van der Waals surface area contributed by atoms with Gasteiger partial charge in [-0.1, -0.05) is 23.5 Å². The van der Waals surface area contributed by atoms with E-state index >= 15 is 0 Å². The van der Waals surface area contributed by atoms with Crippen molar-refractivity contribution in [2.24, 2.45) is 0 Å². The first-order valence-electron chi connectivity index (χ1n) is 10.8. The van der Waals surface area contributed by atoms with Crippen molar-refractivity contribution in [3.05, 3.63) is 59.5 Å². The Bertz CT molecular complexity index is 1310. The molecule has 34 heavy (non-hydrogen) atoms. The van der Waals surface area contributed by atoms with Crippen LogP contribution in [0.1, 0.15) is 15.6 Å². The first-order valence-corrected chi connectivity index (χ1v) is 11.6. The number of hydrogen-bond acceptors (Lipinski definition) is 9. The molecule has 0 saturated carbocycles. The molecule has 5 rings (SSSR count). The number of nitrogens with one attached hydrogen (secondary N) is 1. The maximum atomic E-state index is 12.5. The van der Waals surface area contributed by atoms with E-state index in [0.717, 1.165) is 16.2 Å². The number of fused-ring (bicyclic) bond motifs is 1. The quantitative estimate of drug-likeness (QED) is 0.450. The molecule has 1 aliphatic heterocycles. The number of amides is 2. The van der Waals surface area contributed by atoms with Gasteiger partial charge in [0.2, 0.25) is 5.13 Å². The van der Waals surface area contributed by atoms with E-state index in [2.05, 4.69) is 20.4 Å². The van der Waals surface area contributed by atoms with Crippen LogP contribution in [0.4, 0.5) is 10.9 Å². The van der Waals surface area contributed by atoms with Crippen LogP contribution in [0.2, 0.25) is 0 Å². The van der Waals surface area contributed by atoms with Gasteiger partial charge in [-0.25, -0.2) is 4.98 Å². The van der Waals surface area contributed by atoms with Gasteiger partial charge in [-0.05, 0) is 37.3 Å². The lowest BCUT2D eigenvalue weighted by Gasteiger charge is -2.35. The van der Waals surface area contributed by atoms with Crippen molar-refractivity contribution in [3.8, 4) is 5.75 Å². The number of ether oxygens (including phenoxy) is 1. The minimum Gasteiger partial charge on any atom is -0.481 e. The van der Waals surface area contributed by atoms with Crippen LogP contribution in [0.3, 0.4) is 0 Å². The van der Waals surface area contributed by atoms with Crippen molar-refractivity contribution in [2.75, 3.05) is 43.0 Å². The van der Waals surface area contributed by atoms with Gasteiger partial charge in [0.15, 0.2) is 12.4 Å². The summed E-state index contributed by atoms with van der Waals surface area (Å²) in [6.07, 6.45) is 1.50. The number of carbonyl (C=O) groups excluding carboxylic acids is 2. The molecule has 1 N–H and O–H groups in total. The Hall–Kier alpha value is -3.99. The topological polar surface area (TPSA) is 114 Å². The normalized spacial score (nSPS) is 13.8. The summed E-state index contributed by atoms with van der Waals surface area (Å²) in [6.45, 7) is 4.10. The van der Waals surface area contributed by atoms with E-state index in [1.807, 2.05) is 31.2 Å². The summed E-state index contributed by atoms with van der Waals surface area (Å²) in [4.78, 5) is 33.5. The van der Waals surface area contributed by atoms with Crippen LogP contribution >= 0.6 is 11.3 Å². The molecule has 0 unspecified atom stereocenters. The Balaban J connectivity index is 1.25. The summed E-state index contributed by atoms with van der Waals surface area (Å²) in [5.74, 6) is 1.25. The largest absolute Gasteiger partial charge is 0.481 e. The number of hydrogen-bond donors (Lipinski definition) is 1. The second kappa shape index (κ2) is 9.48. The monoisotopic (exact) mass is 478 g/mol. The predicted octanol–water partition coefficient (Wildman–Crippen LogP) is 2.97. The minimum atomic E-state index is -0.318. The third kappa shape index (κ3) is 4.69. The molecule has 4 heterocycles. The molecule has 1 aliphatic rings. The summed E-state index contributed by atoms with van der Waals surface area (Å²) in [7, 11) is 0. The fourth-order valence-corrected chi connectivity index (χ4v) is 4.35. The Labute approximate surface area is 199 Å². The number of benzene rings is 1. The number of pyridine rings is 1. The molecule has 174 valence electrons. The molecular weight excluding hydrogens is 456 g/mol. The highest BCUT2D eigenvalue weighted by Crippen LogP contribution is 2.27. The number of nitrogens with zero attached hydrogens (tertiary/aromatic N) is 5. The maximum absolute atomic E-state index is 12.5. The van der Waals surface area contributed by atoms with Crippen LogP contribution in [-0.4, -0.2) is 64.7 Å². The molecule has 0 atom stereocenters. The zero-order valence-corrected chi connectivity index (χ0v) is 19.2. The molecular formula is C23H22N6O4S. The standard InChI is InChI=1S/C23H22N6O4S/c1-15-26-27-23(34-15)25-20(30)14-33-17-5-2-4-16-7-8-19(24-21(16)17)28-9-11-29(12-10-28)22(31)18-6-3-13-32-18/h2-8,13H,9-12,14H2,1H3,(H,25,27,30). The number of furan rings is 1. The molecule has 0 aliphatic carbocycles. The van der Waals surface area contributed by atoms with Gasteiger partial charge in [0.05, 0.1) is 6.26 Å². The molecule has 0 spiro atoms. The van der Waals surface area contributed by atoms with Crippen molar-refractivity contribution < 1.29 is 18.7 Å². The smallest absolute Gasteiger partial charge is 0.289 e. The zero-order valence-electron chi connectivity index (χ0n) is 18.4. The number of piperazine rings is 1. The molecule has 0 radical (unpaired) electrons. The molecule has 0 bridgehead atoms. The lowest BCUT2D eigenvalue weighted by atomic mass is 10.2. The average molecular weight is 479 g/mol. The van der Waals surface area contributed by atoms with Crippen LogP contribution in [0, 0.1) is 6.92 Å². The SMILES string of the molecule is Cc1nnc(NC(=O)COc2cccc3ccc(N4CCN(C(=O)c5ccco5)CC4)nc23)s1. The van der Waals surface area contributed by atoms with E-state index in [0.29, 0.717) is 48.3 Å². The molecule has 10 nitrogen and oxygen atoms in total. The van der Waals surface area contributed by atoms with Crippen LogP contribution in [0.5, 0.6) is 5.75 Å². The number of rotatable bonds is 6. The van der Waals surface area contributed by atoms with Crippen LogP contribution in [0.25, 0.3) is 10.9 Å². The second-order valence-electron chi connectivity index (χ2n) is 7.72. The van der Waals surface area contributed by atoms with E-state index in [4.69, 9.17) is 14.1 Å². The lowest BCUT2D eigenvalue weighted by Crippen LogP contribution is -2.49. The van der Waals surface area contributed by atoms with E-state index in [9.17, 15) is 9.59 Å². The zero-order chi connectivity index (χ0) is 23.5. The Kier molecular flexibility index (Phi) is 6.09. The average Bonchev–Trinajstić information content (AvgIpc) is 3.54. The number of anilines is 2. The molecule has 1 aromatic carbocycles. The van der Waals surface area contributed by atoms with Gasteiger partial charge in [0.1, 0.15) is 22.1 Å². The van der Waals surface area contributed by atoms with Crippen molar-refractivity contribution in [1.29, 1.82) is 0 Å². The third-order valence-electron chi connectivity index (χ3n) is 5.42. The highest BCUT2D eigenvalue weighted by Gasteiger charge is 2.24. The van der Waals surface area contributed by atoms with Gasteiger partial charge in [-0.15, -0.1) is 10.2 Å². The molecule has 4 aromatic rings. The highest BCUT2D eigenvalue weighted by molar-refractivity contribution is 7.15. The molecule has 1 saturated heterocycles. The number of carbonyl (C=O) groups is 2. The van der Waals surface area contributed by atoms with Crippen molar-refractivity contribution in [1.82, 2.24) is 20.1 Å². The van der Waals surface area contributed by atoms with Gasteiger partial charge >= 0.3 is 0 Å². The van der Waals surface area contributed by atoms with E-state index in [-0.39, 0.29) is 18.4 Å². The lowest BCUT2D eigenvalue weighted by molar-refractivity contribution is -0.118. The first kappa shape index (κ1) is 21.8. The van der Waals surface area contributed by atoms with E-state index in [1.54, 1.807) is 23.1 Å². The second-order valence-corrected chi connectivity index (χ2v) is 8.90. The van der Waals surface area contributed by atoms with Crippen LogP contribution < -0.4 is 15.0 Å². The van der Waals surface area contributed by atoms with Crippen molar-refractivity contribution >= 4 is 45.0 Å². The number of para-hydroxylation sites is 1. The van der Waals surface area contributed by atoms with Gasteiger partial charge in [-0.2, -0.15) is 0 Å². The van der Waals surface area contributed by atoms with Gasteiger partial charge in [0, 0.05) is 31.6 Å². The van der Waals surface area contributed by atoms with Gasteiger partial charge in [-0.3, -0.25) is 14.9 Å². The summed E-state index contributed by atoms with van der Waals surface area (Å²) < 4.78 is 11.0. The van der Waals surface area contributed by atoms with Gasteiger partial charge < -0.3 is 19.0 Å². The van der Waals surface area contributed by atoms with Crippen LogP contribution in [-0.2, 0) is 4.79 Å². The molecule has 11 heteroatoms. The molecule has 2 amide bonds. The predicted molar refractivity (Wildman–Crippen MR) is 127 cm³/mol. The fraction of sp³-hybridized carbons (Fsp3) is 0.261. The Morgan fingerprint density at radius 3 is 2.68 bits per heavy atom. The fourth-order valence-electron chi connectivity index (χ4n) is 3.74. The summed E-state index contributed by atoms with van der Waals surface area (Å²) >= 11 is 1.30. The highest BCUT2D eigenvalue weighted by atomic mass is 32.1. The minimum absolute atomic E-state index is 0.103. The third-order valence-corrected chi connectivity index (χ3v) is 6.18. The summed E-state index contributed by atoms with van der Waals surface area (Å²) in [5, 5.41) is 12.6. The molecule has 3 aromatic heterocycles. The van der Waals surface area contributed by atoms with Crippen LogP contribution in [0.15, 0.2) is 53.1 Å². The molecule has 1 fully saturated rings. The summed E-state index contributed by atoms with van der Waals surface area (Å²) in [5.41, 5.74) is 0.675. The van der Waals surface area contributed by atoms with Gasteiger partial charge in [0.25, 0.3) is 11.8 Å². The Morgan fingerprint density at radius 1 is 1.09 bits per heavy atom. The van der Waals surface area contributed by atoms with Crippen molar-refractivity contribution in [3.63, 3.8) is 0 Å². The number of aryl methyl sites for hydroxylation is 1. The first-order chi connectivity index (χ1) is 16.6. The van der Waals surface area contributed by atoms with E-state index in [1.165, 1.54) is 17.6 Å². The maximum Gasteiger partial charge on any atom is 0.289 e. The summed E-state index contributed by atoms with van der Waals surface area (Å²) in [6, 6.07) is 12.9. The number of aromatic nitrogens is 3.